The fraction of sp³-hybridized carbons (Fsp3) is 0.250. The van der Waals surface area contributed by atoms with E-state index >= 15 is 0 Å². The van der Waals surface area contributed by atoms with E-state index in [0.29, 0.717) is 6.54 Å². The first-order valence-electron chi connectivity index (χ1n) is 6.54. The van der Waals surface area contributed by atoms with Crippen LogP contribution in [0.25, 0.3) is 0 Å². The molecule has 0 fully saturated rings. The average Bonchev–Trinajstić information content (AvgIpc) is 2.39. The average molecular weight is 354 g/mol. The number of nitrogens with two attached hydrogens (primary N) is 1. The topological polar surface area (TPSA) is 29.3 Å². The van der Waals surface area contributed by atoms with Crippen LogP contribution in [0.5, 0.6) is 0 Å². The van der Waals surface area contributed by atoms with Crippen LogP contribution in [0.3, 0.4) is 0 Å². The molecule has 0 aliphatic rings. The molecule has 0 aliphatic heterocycles. The summed E-state index contributed by atoms with van der Waals surface area (Å²) in [5.41, 5.74) is 9.36. The highest BCUT2D eigenvalue weighted by atomic mass is 79.9. The van der Waals surface area contributed by atoms with Gasteiger partial charge in [-0.3, -0.25) is 0 Å². The summed E-state index contributed by atoms with van der Waals surface area (Å²) in [5.74, 6) is 0. The van der Waals surface area contributed by atoms with Gasteiger partial charge in [0.2, 0.25) is 0 Å². The molecule has 0 heterocycles. The highest BCUT2D eigenvalue weighted by Gasteiger charge is 2.08. The standard InChI is InChI=1S/C16H18BrClN2/c1-20(11-12-3-2-4-15(18)9-12)16-6-5-14(17)10-13(16)7-8-19/h2-6,9-10H,7-8,11,19H2,1H3. The molecule has 0 amide bonds. The second-order valence-corrected chi connectivity index (χ2v) is 6.15. The quantitative estimate of drug-likeness (QED) is 0.871. The van der Waals surface area contributed by atoms with Crippen LogP contribution >= 0.6 is 27.5 Å². The van der Waals surface area contributed by atoms with Crippen LogP contribution in [0.2, 0.25) is 5.02 Å². The van der Waals surface area contributed by atoms with E-state index in [2.05, 4.69) is 52.1 Å². The van der Waals surface area contributed by atoms with Crippen LogP contribution in [-0.2, 0) is 13.0 Å². The number of hydrogen-bond acceptors (Lipinski definition) is 2. The van der Waals surface area contributed by atoms with Gasteiger partial charge >= 0.3 is 0 Å². The summed E-state index contributed by atoms with van der Waals surface area (Å²) < 4.78 is 1.08. The molecule has 4 heteroatoms. The number of rotatable bonds is 5. The van der Waals surface area contributed by atoms with Crippen LogP contribution in [0.15, 0.2) is 46.9 Å². The van der Waals surface area contributed by atoms with E-state index in [9.17, 15) is 0 Å². The third-order valence-corrected chi connectivity index (χ3v) is 3.90. The van der Waals surface area contributed by atoms with Gasteiger partial charge in [0.15, 0.2) is 0 Å². The normalized spacial score (nSPS) is 10.6. The van der Waals surface area contributed by atoms with Crippen molar-refractivity contribution in [1.82, 2.24) is 0 Å². The molecule has 0 radical (unpaired) electrons. The monoisotopic (exact) mass is 352 g/mol. The highest BCUT2D eigenvalue weighted by Crippen LogP contribution is 2.25. The summed E-state index contributed by atoms with van der Waals surface area (Å²) in [5, 5.41) is 0.772. The largest absolute Gasteiger partial charge is 0.370 e. The first-order valence-corrected chi connectivity index (χ1v) is 7.71. The molecule has 0 saturated carbocycles. The summed E-state index contributed by atoms with van der Waals surface area (Å²) >= 11 is 9.55. The van der Waals surface area contributed by atoms with Gasteiger partial charge in [-0.1, -0.05) is 39.7 Å². The Morgan fingerprint density at radius 1 is 1.20 bits per heavy atom. The maximum atomic E-state index is 6.03. The van der Waals surface area contributed by atoms with Gasteiger partial charge in [0.05, 0.1) is 0 Å². The summed E-state index contributed by atoms with van der Waals surface area (Å²) in [4.78, 5) is 2.23. The predicted octanol–water partition coefficient (Wildman–Crippen LogP) is 4.24. The lowest BCUT2D eigenvalue weighted by atomic mass is 10.1. The molecule has 20 heavy (non-hydrogen) atoms. The lowest BCUT2D eigenvalue weighted by Gasteiger charge is -2.23. The van der Waals surface area contributed by atoms with Crippen molar-refractivity contribution in [2.75, 3.05) is 18.5 Å². The Labute approximate surface area is 133 Å². The minimum absolute atomic E-state index is 0.647. The number of benzene rings is 2. The smallest absolute Gasteiger partial charge is 0.0426 e. The first kappa shape index (κ1) is 15.4. The zero-order valence-corrected chi connectivity index (χ0v) is 13.8. The van der Waals surface area contributed by atoms with Gasteiger partial charge in [0.25, 0.3) is 0 Å². The molecule has 0 bridgehead atoms. The molecule has 2 rings (SSSR count). The van der Waals surface area contributed by atoms with Crippen molar-refractivity contribution in [3.05, 3.63) is 63.1 Å². The maximum Gasteiger partial charge on any atom is 0.0426 e. The predicted molar refractivity (Wildman–Crippen MR) is 90.5 cm³/mol. The Kier molecular flexibility index (Phi) is 5.46. The minimum atomic E-state index is 0.647. The van der Waals surface area contributed by atoms with Gasteiger partial charge in [0.1, 0.15) is 0 Å². The molecular weight excluding hydrogens is 336 g/mol. The van der Waals surface area contributed by atoms with Crippen molar-refractivity contribution in [2.24, 2.45) is 5.73 Å². The third-order valence-electron chi connectivity index (χ3n) is 3.18. The number of anilines is 1. The van der Waals surface area contributed by atoms with E-state index in [-0.39, 0.29) is 0 Å². The van der Waals surface area contributed by atoms with Crippen LogP contribution in [0.4, 0.5) is 5.69 Å². The fourth-order valence-corrected chi connectivity index (χ4v) is 2.90. The van der Waals surface area contributed by atoms with Gasteiger partial charge in [-0.25, -0.2) is 0 Å². The molecule has 2 aromatic rings. The summed E-state index contributed by atoms with van der Waals surface area (Å²) in [6, 6.07) is 14.3. The molecule has 0 atom stereocenters. The molecule has 106 valence electrons. The number of hydrogen-bond donors (Lipinski definition) is 1. The van der Waals surface area contributed by atoms with E-state index in [4.69, 9.17) is 17.3 Å². The van der Waals surface area contributed by atoms with E-state index in [1.165, 1.54) is 16.8 Å². The molecule has 2 N–H and O–H groups in total. The van der Waals surface area contributed by atoms with Gasteiger partial charge in [-0.15, -0.1) is 0 Å². The van der Waals surface area contributed by atoms with Crippen LogP contribution < -0.4 is 10.6 Å². The molecule has 2 aromatic carbocycles. The van der Waals surface area contributed by atoms with Crippen LogP contribution in [-0.4, -0.2) is 13.6 Å². The van der Waals surface area contributed by atoms with Gasteiger partial charge < -0.3 is 10.6 Å². The molecule has 0 unspecified atom stereocenters. The summed E-state index contributed by atoms with van der Waals surface area (Å²) in [7, 11) is 2.09. The lowest BCUT2D eigenvalue weighted by Crippen LogP contribution is -2.19. The van der Waals surface area contributed by atoms with E-state index in [1.807, 2.05) is 18.2 Å². The Balaban J connectivity index is 2.22. The van der Waals surface area contributed by atoms with Gasteiger partial charge in [-0.05, 0) is 54.4 Å². The minimum Gasteiger partial charge on any atom is -0.370 e. The van der Waals surface area contributed by atoms with Crippen molar-refractivity contribution < 1.29 is 0 Å². The van der Waals surface area contributed by atoms with Crippen molar-refractivity contribution in [3.8, 4) is 0 Å². The molecule has 0 aromatic heterocycles. The summed E-state index contributed by atoms with van der Waals surface area (Å²) in [6.45, 7) is 1.47. The lowest BCUT2D eigenvalue weighted by molar-refractivity contribution is 0.892. The Hall–Kier alpha value is -1.03. The van der Waals surface area contributed by atoms with Crippen molar-refractivity contribution in [3.63, 3.8) is 0 Å². The van der Waals surface area contributed by atoms with Crippen LogP contribution in [0.1, 0.15) is 11.1 Å². The second kappa shape index (κ2) is 7.11. The second-order valence-electron chi connectivity index (χ2n) is 4.80. The Morgan fingerprint density at radius 3 is 2.70 bits per heavy atom. The molecule has 2 nitrogen and oxygen atoms in total. The molecule has 0 aliphatic carbocycles. The van der Waals surface area contributed by atoms with Crippen molar-refractivity contribution in [1.29, 1.82) is 0 Å². The molecule has 0 saturated heterocycles. The van der Waals surface area contributed by atoms with E-state index < -0.39 is 0 Å². The Bertz CT molecular complexity index is 586. The van der Waals surface area contributed by atoms with E-state index in [0.717, 1.165) is 22.5 Å². The maximum absolute atomic E-state index is 6.03. The fourth-order valence-electron chi connectivity index (χ4n) is 2.28. The van der Waals surface area contributed by atoms with Crippen molar-refractivity contribution in [2.45, 2.75) is 13.0 Å². The highest BCUT2D eigenvalue weighted by molar-refractivity contribution is 9.10. The number of halogens is 2. The summed E-state index contributed by atoms with van der Waals surface area (Å²) in [6.07, 6.45) is 0.870. The zero-order valence-electron chi connectivity index (χ0n) is 11.4. The Morgan fingerprint density at radius 2 is 2.00 bits per heavy atom. The SMILES string of the molecule is CN(Cc1cccc(Cl)c1)c1ccc(Br)cc1CCN. The van der Waals surface area contributed by atoms with Crippen LogP contribution in [0, 0.1) is 0 Å². The molecule has 0 spiro atoms. The van der Waals surface area contributed by atoms with Gasteiger partial charge in [-0.2, -0.15) is 0 Å². The van der Waals surface area contributed by atoms with Gasteiger partial charge in [0, 0.05) is 28.8 Å². The number of nitrogens with zero attached hydrogens (tertiary/aromatic N) is 1. The zero-order chi connectivity index (χ0) is 14.5. The van der Waals surface area contributed by atoms with E-state index in [1.54, 1.807) is 0 Å². The third kappa shape index (κ3) is 3.98. The first-order chi connectivity index (χ1) is 9.60. The van der Waals surface area contributed by atoms with Crippen molar-refractivity contribution >= 4 is 33.2 Å². The molecular formula is C16H18BrClN2.